The Hall–Kier alpha value is -5.94. The minimum absolute atomic E-state index is 0.613. The van der Waals surface area contributed by atoms with Gasteiger partial charge in [0.2, 0.25) is 11.0 Å². The van der Waals surface area contributed by atoms with Crippen LogP contribution in [0.4, 0.5) is 0 Å². The van der Waals surface area contributed by atoms with Gasteiger partial charge in [0.05, 0.1) is 43.6 Å². The van der Waals surface area contributed by atoms with Crippen LogP contribution in [0.25, 0.3) is 76.2 Å². The summed E-state index contributed by atoms with van der Waals surface area (Å²) in [4.78, 5) is 0. The SMILES string of the molecule is Cc1c2ccccc2c2c3ccc[n+]4c3c3c5c(ccc3n12)Oc1ccc2c3c1C54[n+]1cccc(c4c5ccccc5c(C)n24)c31. The molecule has 0 unspecified atom stereocenters. The third-order valence-corrected chi connectivity index (χ3v) is 11.6. The quantitative estimate of drug-likeness (QED) is 0.129. The van der Waals surface area contributed by atoms with Gasteiger partial charge in [0, 0.05) is 45.1 Å². The first-order valence-corrected chi connectivity index (χ1v) is 16.0. The zero-order valence-electron chi connectivity index (χ0n) is 25.1. The van der Waals surface area contributed by atoms with Crippen molar-refractivity contribution in [3.63, 3.8) is 0 Å². The van der Waals surface area contributed by atoms with Crippen LogP contribution in [0, 0.1) is 13.8 Å². The summed E-state index contributed by atoms with van der Waals surface area (Å²) in [6.45, 7) is 4.52. The average molecular weight is 589 g/mol. The molecule has 13 rings (SSSR count). The molecule has 0 radical (unpaired) electrons. The highest BCUT2D eigenvalue weighted by Crippen LogP contribution is 2.58. The van der Waals surface area contributed by atoms with Crippen molar-refractivity contribution in [3.05, 3.63) is 132 Å². The van der Waals surface area contributed by atoms with E-state index in [9.17, 15) is 0 Å². The molecule has 0 N–H and O–H groups in total. The van der Waals surface area contributed by atoms with Gasteiger partial charge in [0.15, 0.2) is 23.5 Å². The van der Waals surface area contributed by atoms with Gasteiger partial charge in [0.1, 0.15) is 11.5 Å². The molecular formula is C41H24N4O+2. The van der Waals surface area contributed by atoms with E-state index >= 15 is 0 Å². The Balaban J connectivity index is 1.34. The Bertz CT molecular complexity index is 2980. The lowest BCUT2D eigenvalue weighted by atomic mass is 9.87. The Morgan fingerprint density at radius 2 is 0.935 bits per heavy atom. The minimum atomic E-state index is -0.613. The van der Waals surface area contributed by atoms with Crippen molar-refractivity contribution in [3.8, 4) is 11.5 Å². The van der Waals surface area contributed by atoms with Crippen LogP contribution in [0.5, 0.6) is 11.5 Å². The average Bonchev–Trinajstić information content (AvgIpc) is 3.79. The summed E-state index contributed by atoms with van der Waals surface area (Å²) in [6.07, 6.45) is 4.61. The predicted octanol–water partition coefficient (Wildman–Crippen LogP) is 8.33. The fourth-order valence-corrected chi connectivity index (χ4v) is 10.1. The molecule has 212 valence electrons. The lowest BCUT2D eigenvalue weighted by Gasteiger charge is -2.26. The van der Waals surface area contributed by atoms with Crippen LogP contribution in [-0.4, -0.2) is 8.80 Å². The lowest BCUT2D eigenvalue weighted by molar-refractivity contribution is -0.945. The van der Waals surface area contributed by atoms with E-state index in [0.29, 0.717) is 0 Å². The van der Waals surface area contributed by atoms with Crippen molar-refractivity contribution >= 4 is 76.2 Å². The van der Waals surface area contributed by atoms with Crippen LogP contribution >= 0.6 is 0 Å². The minimum Gasteiger partial charge on any atom is -0.456 e. The van der Waals surface area contributed by atoms with E-state index in [2.05, 4.69) is 141 Å². The summed E-state index contributed by atoms with van der Waals surface area (Å²) >= 11 is 0. The van der Waals surface area contributed by atoms with Gasteiger partial charge < -0.3 is 13.5 Å². The molecule has 5 nitrogen and oxygen atoms in total. The molecule has 0 aliphatic carbocycles. The molecule has 0 fully saturated rings. The van der Waals surface area contributed by atoms with Gasteiger partial charge in [-0.2, -0.15) is 0 Å². The molecule has 0 atom stereocenters. The largest absolute Gasteiger partial charge is 0.456 e. The maximum atomic E-state index is 6.96. The summed E-state index contributed by atoms with van der Waals surface area (Å²) in [5.41, 5.74) is 11.9. The number of benzene rings is 4. The molecule has 3 aliphatic rings. The van der Waals surface area contributed by atoms with E-state index in [0.717, 1.165) is 11.5 Å². The first kappa shape index (κ1) is 22.6. The van der Waals surface area contributed by atoms with Gasteiger partial charge in [-0.05, 0) is 50.2 Å². The van der Waals surface area contributed by atoms with Gasteiger partial charge in [-0.25, -0.2) is 0 Å². The van der Waals surface area contributed by atoms with E-state index in [-0.39, 0.29) is 0 Å². The van der Waals surface area contributed by atoms with E-state index in [1.807, 2.05) is 0 Å². The van der Waals surface area contributed by atoms with Gasteiger partial charge in [-0.3, -0.25) is 0 Å². The van der Waals surface area contributed by atoms with Gasteiger partial charge >= 0.3 is 5.66 Å². The third kappa shape index (κ3) is 1.99. The molecule has 0 bridgehead atoms. The zero-order valence-corrected chi connectivity index (χ0v) is 25.1. The zero-order chi connectivity index (χ0) is 29.8. The van der Waals surface area contributed by atoms with Crippen molar-refractivity contribution in [2.24, 2.45) is 0 Å². The lowest BCUT2D eigenvalue weighted by Crippen LogP contribution is -2.72. The van der Waals surface area contributed by atoms with Crippen LogP contribution in [0.1, 0.15) is 22.5 Å². The molecule has 1 spiro atoms. The topological polar surface area (TPSA) is 25.8 Å². The van der Waals surface area contributed by atoms with Crippen molar-refractivity contribution in [1.82, 2.24) is 8.80 Å². The number of rotatable bonds is 0. The Labute approximate surface area is 261 Å². The van der Waals surface area contributed by atoms with Crippen LogP contribution in [0.3, 0.4) is 0 Å². The maximum Gasteiger partial charge on any atom is 0.425 e. The fraction of sp³-hybridized carbons (Fsp3) is 0.0732. The van der Waals surface area contributed by atoms with Gasteiger partial charge in [0.25, 0.3) is 0 Å². The highest BCUT2D eigenvalue weighted by molar-refractivity contribution is 6.23. The summed E-state index contributed by atoms with van der Waals surface area (Å²) in [6, 6.07) is 35.8. The molecule has 0 saturated heterocycles. The molecule has 46 heavy (non-hydrogen) atoms. The van der Waals surface area contributed by atoms with Crippen molar-refractivity contribution < 1.29 is 13.9 Å². The smallest absolute Gasteiger partial charge is 0.425 e. The number of hydrogen-bond acceptors (Lipinski definition) is 1. The summed E-state index contributed by atoms with van der Waals surface area (Å²) in [5, 5.41) is 10.3. The molecule has 0 amide bonds. The maximum absolute atomic E-state index is 6.96. The van der Waals surface area contributed by atoms with Gasteiger partial charge in [-0.15, -0.1) is 9.13 Å². The van der Waals surface area contributed by atoms with Crippen LogP contribution in [0.15, 0.2) is 109 Å². The molecule has 10 aromatic rings. The van der Waals surface area contributed by atoms with Gasteiger partial charge in [-0.1, -0.05) is 48.5 Å². The first-order chi connectivity index (χ1) is 22.7. The summed E-state index contributed by atoms with van der Waals surface area (Å²) in [7, 11) is 0. The Morgan fingerprint density at radius 1 is 0.500 bits per heavy atom. The van der Waals surface area contributed by atoms with Crippen LogP contribution < -0.4 is 13.9 Å². The Kier molecular flexibility index (Phi) is 3.35. The Morgan fingerprint density at radius 3 is 1.41 bits per heavy atom. The number of nitrogens with zero attached hydrogens (tertiary/aromatic N) is 4. The molecular weight excluding hydrogens is 564 g/mol. The van der Waals surface area contributed by atoms with Crippen LogP contribution in [-0.2, 0) is 5.66 Å². The summed E-state index contributed by atoms with van der Waals surface area (Å²) < 4.78 is 17.1. The molecule has 0 saturated carbocycles. The molecule has 9 heterocycles. The third-order valence-electron chi connectivity index (χ3n) is 11.6. The first-order valence-electron chi connectivity index (χ1n) is 16.0. The number of fused-ring (bicyclic) bond motifs is 10. The molecule has 5 heteroatoms. The predicted molar refractivity (Wildman–Crippen MR) is 181 cm³/mol. The highest BCUT2D eigenvalue weighted by Gasteiger charge is 2.69. The normalized spacial score (nSPS) is 15.1. The standard InChI is InChI=1S/C41H24N4O/c1-21-23-9-3-5-11-25(23)37-27-13-7-19-42-39(27)33-29(44(21)37)15-17-31-35(33)41(42)36-32(46-31)18-16-30-34(36)40-28(14-8-20-43(40)41)38-26-12-6-4-10-24(26)22(2)45(30)38/h3-20H,1-2H3/q+2. The monoisotopic (exact) mass is 588 g/mol. The van der Waals surface area contributed by atoms with E-state index in [1.54, 1.807) is 0 Å². The number of aryl methyl sites for hydroxylation is 2. The molecule has 6 aromatic heterocycles. The van der Waals surface area contributed by atoms with Crippen molar-refractivity contribution in [2.45, 2.75) is 19.5 Å². The van der Waals surface area contributed by atoms with Crippen molar-refractivity contribution in [2.75, 3.05) is 0 Å². The van der Waals surface area contributed by atoms with Crippen molar-refractivity contribution in [1.29, 1.82) is 0 Å². The number of pyridine rings is 4. The second-order valence-corrected chi connectivity index (χ2v) is 13.4. The second-order valence-electron chi connectivity index (χ2n) is 13.4. The number of ether oxygens (including phenoxy) is 1. The second kappa shape index (κ2) is 6.82. The van der Waals surface area contributed by atoms with E-state index < -0.39 is 5.66 Å². The van der Waals surface area contributed by atoms with E-state index in [1.165, 1.54) is 98.7 Å². The van der Waals surface area contributed by atoms with Crippen LogP contribution in [0.2, 0.25) is 0 Å². The summed E-state index contributed by atoms with van der Waals surface area (Å²) in [5.74, 6) is 1.87. The number of aromatic nitrogens is 4. The molecule has 3 aliphatic heterocycles. The highest BCUT2D eigenvalue weighted by atomic mass is 16.5. The van der Waals surface area contributed by atoms with E-state index in [4.69, 9.17) is 4.74 Å². The number of hydrogen-bond donors (Lipinski definition) is 0. The molecule has 4 aromatic carbocycles. The fourth-order valence-electron chi connectivity index (χ4n) is 10.1.